The molecular formula is C24H25NO2. The highest BCUT2D eigenvalue weighted by Crippen LogP contribution is 2.32. The van der Waals surface area contributed by atoms with Crippen LogP contribution in [-0.2, 0) is 6.54 Å². The summed E-state index contributed by atoms with van der Waals surface area (Å²) in [5, 5.41) is 3.46. The molecule has 3 aromatic rings. The number of ether oxygens (including phenoxy) is 2. The Balaban J connectivity index is 1.88. The van der Waals surface area contributed by atoms with Crippen molar-refractivity contribution in [2.75, 3.05) is 14.2 Å². The van der Waals surface area contributed by atoms with E-state index in [1.807, 2.05) is 24.3 Å². The second-order valence-electron chi connectivity index (χ2n) is 6.35. The van der Waals surface area contributed by atoms with Crippen molar-refractivity contribution in [3.8, 4) is 22.6 Å². The summed E-state index contributed by atoms with van der Waals surface area (Å²) < 4.78 is 10.9. The van der Waals surface area contributed by atoms with Crippen molar-refractivity contribution < 1.29 is 9.47 Å². The van der Waals surface area contributed by atoms with E-state index in [1.54, 1.807) is 14.2 Å². The first-order chi connectivity index (χ1) is 13.2. The number of nitrogens with one attached hydrogen (secondary N) is 1. The van der Waals surface area contributed by atoms with E-state index in [0.717, 1.165) is 28.3 Å². The van der Waals surface area contributed by atoms with Crippen LogP contribution >= 0.6 is 0 Å². The lowest BCUT2D eigenvalue weighted by Gasteiger charge is -2.18. The van der Waals surface area contributed by atoms with Gasteiger partial charge in [0.25, 0.3) is 0 Å². The third-order valence-electron chi connectivity index (χ3n) is 4.64. The molecule has 0 saturated heterocycles. The summed E-state index contributed by atoms with van der Waals surface area (Å²) in [5.41, 5.74) is 6.57. The van der Waals surface area contributed by atoms with Crippen molar-refractivity contribution in [3.05, 3.63) is 90.0 Å². The van der Waals surface area contributed by atoms with Gasteiger partial charge in [-0.3, -0.25) is 0 Å². The van der Waals surface area contributed by atoms with Gasteiger partial charge in [-0.1, -0.05) is 67.2 Å². The average Bonchev–Trinajstić information content (AvgIpc) is 2.72. The highest BCUT2D eigenvalue weighted by molar-refractivity contribution is 5.81. The first kappa shape index (κ1) is 18.6. The first-order valence-electron chi connectivity index (χ1n) is 8.93. The molecule has 3 heteroatoms. The van der Waals surface area contributed by atoms with Gasteiger partial charge in [0.15, 0.2) is 11.5 Å². The number of rotatable bonds is 7. The standard InChI is InChI=1S/C24H25NO2/c1-17-10-8-14-21(19-11-6-5-7-12-19)23(17)18(2)25-16-20-13-9-15-22(26-3)24(20)27-4/h5-15,25H,2,16H2,1,3-4H3. The Labute approximate surface area is 161 Å². The average molecular weight is 359 g/mol. The predicted octanol–water partition coefficient (Wildman–Crippen LogP) is 5.44. The minimum Gasteiger partial charge on any atom is -0.493 e. The molecule has 0 unspecified atom stereocenters. The predicted molar refractivity (Wildman–Crippen MR) is 112 cm³/mol. The van der Waals surface area contributed by atoms with Crippen molar-refractivity contribution in [1.29, 1.82) is 0 Å². The third-order valence-corrected chi connectivity index (χ3v) is 4.64. The lowest BCUT2D eigenvalue weighted by molar-refractivity contribution is 0.351. The van der Waals surface area contributed by atoms with Gasteiger partial charge in [0.05, 0.1) is 14.2 Å². The number of hydrogen-bond donors (Lipinski definition) is 1. The van der Waals surface area contributed by atoms with Crippen LogP contribution in [0.25, 0.3) is 16.8 Å². The van der Waals surface area contributed by atoms with E-state index < -0.39 is 0 Å². The van der Waals surface area contributed by atoms with Crippen LogP contribution in [0.1, 0.15) is 16.7 Å². The largest absolute Gasteiger partial charge is 0.493 e. The molecule has 138 valence electrons. The van der Waals surface area contributed by atoms with Gasteiger partial charge in [-0.25, -0.2) is 0 Å². The zero-order chi connectivity index (χ0) is 19.2. The fourth-order valence-electron chi connectivity index (χ4n) is 3.31. The smallest absolute Gasteiger partial charge is 0.165 e. The Morgan fingerprint density at radius 3 is 2.33 bits per heavy atom. The molecule has 0 aliphatic rings. The van der Waals surface area contributed by atoms with E-state index in [1.165, 1.54) is 16.7 Å². The Morgan fingerprint density at radius 1 is 0.889 bits per heavy atom. The summed E-state index contributed by atoms with van der Waals surface area (Å²) in [4.78, 5) is 0. The van der Waals surface area contributed by atoms with Crippen molar-refractivity contribution in [1.82, 2.24) is 5.32 Å². The number of hydrogen-bond acceptors (Lipinski definition) is 3. The van der Waals surface area contributed by atoms with Crippen LogP contribution in [0.4, 0.5) is 0 Å². The Morgan fingerprint density at radius 2 is 1.63 bits per heavy atom. The van der Waals surface area contributed by atoms with Crippen molar-refractivity contribution >= 4 is 5.70 Å². The summed E-state index contributed by atoms with van der Waals surface area (Å²) in [6.07, 6.45) is 0. The topological polar surface area (TPSA) is 30.5 Å². The Kier molecular flexibility index (Phi) is 5.82. The summed E-state index contributed by atoms with van der Waals surface area (Å²) in [7, 11) is 3.30. The molecule has 0 aliphatic heterocycles. The fourth-order valence-corrected chi connectivity index (χ4v) is 3.31. The molecule has 0 amide bonds. The maximum Gasteiger partial charge on any atom is 0.165 e. The van der Waals surface area contributed by atoms with Crippen LogP contribution in [0.3, 0.4) is 0 Å². The number of methoxy groups -OCH3 is 2. The molecule has 0 saturated carbocycles. The van der Waals surface area contributed by atoms with E-state index >= 15 is 0 Å². The molecule has 27 heavy (non-hydrogen) atoms. The van der Waals surface area contributed by atoms with E-state index in [-0.39, 0.29) is 0 Å². The monoisotopic (exact) mass is 359 g/mol. The van der Waals surface area contributed by atoms with Crippen LogP contribution in [0.2, 0.25) is 0 Å². The van der Waals surface area contributed by atoms with Crippen LogP contribution in [0.5, 0.6) is 11.5 Å². The first-order valence-corrected chi connectivity index (χ1v) is 8.93. The summed E-state index contributed by atoms with van der Waals surface area (Å²) in [6.45, 7) is 7.01. The lowest BCUT2D eigenvalue weighted by Crippen LogP contribution is -2.13. The zero-order valence-electron chi connectivity index (χ0n) is 16.1. The number of benzene rings is 3. The molecule has 0 aliphatic carbocycles. The Bertz CT molecular complexity index is 932. The highest BCUT2D eigenvalue weighted by atomic mass is 16.5. The van der Waals surface area contributed by atoms with Gasteiger partial charge in [-0.2, -0.15) is 0 Å². The lowest BCUT2D eigenvalue weighted by atomic mass is 9.94. The van der Waals surface area contributed by atoms with E-state index in [2.05, 4.69) is 61.3 Å². The normalized spacial score (nSPS) is 10.3. The summed E-state index contributed by atoms with van der Waals surface area (Å²) in [5.74, 6) is 1.47. The molecule has 3 rings (SSSR count). The van der Waals surface area contributed by atoms with Crippen LogP contribution in [-0.4, -0.2) is 14.2 Å². The van der Waals surface area contributed by atoms with Gasteiger partial charge < -0.3 is 14.8 Å². The third kappa shape index (κ3) is 3.98. The number of aryl methyl sites for hydroxylation is 1. The van der Waals surface area contributed by atoms with Gasteiger partial charge in [0.2, 0.25) is 0 Å². The molecule has 0 bridgehead atoms. The van der Waals surface area contributed by atoms with E-state index in [4.69, 9.17) is 9.47 Å². The van der Waals surface area contributed by atoms with Crippen molar-refractivity contribution in [2.24, 2.45) is 0 Å². The summed E-state index contributed by atoms with van der Waals surface area (Å²) in [6, 6.07) is 22.6. The van der Waals surface area contributed by atoms with Gasteiger partial charge in [-0.15, -0.1) is 0 Å². The minimum atomic E-state index is 0.599. The molecule has 3 aromatic carbocycles. The van der Waals surface area contributed by atoms with Gasteiger partial charge >= 0.3 is 0 Å². The molecule has 3 nitrogen and oxygen atoms in total. The quantitative estimate of drug-likeness (QED) is 0.609. The van der Waals surface area contributed by atoms with Gasteiger partial charge in [-0.05, 0) is 29.7 Å². The second-order valence-corrected chi connectivity index (χ2v) is 6.35. The molecule has 0 fully saturated rings. The van der Waals surface area contributed by atoms with Crippen molar-refractivity contribution in [2.45, 2.75) is 13.5 Å². The van der Waals surface area contributed by atoms with Crippen LogP contribution < -0.4 is 14.8 Å². The molecule has 0 aromatic heterocycles. The number of para-hydroxylation sites is 1. The molecule has 0 radical (unpaired) electrons. The summed E-state index contributed by atoms with van der Waals surface area (Å²) >= 11 is 0. The van der Waals surface area contributed by atoms with Gasteiger partial charge in [0.1, 0.15) is 0 Å². The maximum atomic E-state index is 5.53. The van der Waals surface area contributed by atoms with Crippen LogP contribution in [0.15, 0.2) is 73.3 Å². The molecule has 0 heterocycles. The van der Waals surface area contributed by atoms with E-state index in [9.17, 15) is 0 Å². The molecular weight excluding hydrogens is 334 g/mol. The Hall–Kier alpha value is -3.20. The van der Waals surface area contributed by atoms with Gasteiger partial charge in [0, 0.05) is 23.4 Å². The SMILES string of the molecule is C=C(NCc1cccc(OC)c1OC)c1c(C)cccc1-c1ccccc1. The molecule has 1 N–H and O–H groups in total. The molecule has 0 spiro atoms. The fraction of sp³-hybridized carbons (Fsp3) is 0.167. The second kappa shape index (κ2) is 8.45. The van der Waals surface area contributed by atoms with Crippen molar-refractivity contribution in [3.63, 3.8) is 0 Å². The zero-order valence-corrected chi connectivity index (χ0v) is 16.1. The molecule has 0 atom stereocenters. The maximum absolute atomic E-state index is 5.53. The minimum absolute atomic E-state index is 0.599. The van der Waals surface area contributed by atoms with Crippen LogP contribution in [0, 0.1) is 6.92 Å². The highest BCUT2D eigenvalue weighted by Gasteiger charge is 2.13. The van der Waals surface area contributed by atoms with E-state index in [0.29, 0.717) is 6.54 Å².